The maximum absolute atomic E-state index is 12.1. The summed E-state index contributed by atoms with van der Waals surface area (Å²) in [6, 6.07) is 6.00. The van der Waals surface area contributed by atoms with E-state index in [1.807, 2.05) is 39.8 Å². The molecular formula is C15H23NO2. The lowest BCUT2D eigenvalue weighted by molar-refractivity contribution is -0.137. The highest BCUT2D eigenvalue weighted by molar-refractivity contribution is 5.80. The molecule has 0 spiro atoms. The average molecular weight is 249 g/mol. The standard InChI is InChI=1S/C15H23NO2/c1-6-16(7-2)15(17)13(5)18-14-9-11(3)8-12(4)10-14/h8-10,13H,6-7H2,1-5H3. The SMILES string of the molecule is CCN(CC)C(=O)C(C)Oc1cc(C)cc(C)c1. The minimum Gasteiger partial charge on any atom is -0.481 e. The smallest absolute Gasteiger partial charge is 0.263 e. The Morgan fingerprint density at radius 3 is 2.11 bits per heavy atom. The number of ether oxygens (including phenoxy) is 1. The molecule has 1 rings (SSSR count). The Labute approximate surface area is 110 Å². The normalized spacial score (nSPS) is 12.1. The van der Waals surface area contributed by atoms with Gasteiger partial charge in [-0.3, -0.25) is 4.79 Å². The summed E-state index contributed by atoms with van der Waals surface area (Å²) in [5.74, 6) is 0.805. The first kappa shape index (κ1) is 14.6. The zero-order valence-corrected chi connectivity index (χ0v) is 12.0. The molecule has 1 aromatic rings. The molecule has 0 bridgehead atoms. The molecule has 0 heterocycles. The minimum atomic E-state index is -0.439. The van der Waals surface area contributed by atoms with Gasteiger partial charge >= 0.3 is 0 Å². The lowest BCUT2D eigenvalue weighted by atomic mass is 10.1. The molecule has 1 amide bonds. The molecule has 3 heteroatoms. The molecule has 3 nitrogen and oxygen atoms in total. The number of hydrogen-bond acceptors (Lipinski definition) is 2. The van der Waals surface area contributed by atoms with Gasteiger partial charge in [-0.05, 0) is 57.9 Å². The van der Waals surface area contributed by atoms with Crippen LogP contribution in [0, 0.1) is 13.8 Å². The van der Waals surface area contributed by atoms with Gasteiger partial charge in [0.25, 0.3) is 5.91 Å². The molecule has 1 atom stereocenters. The van der Waals surface area contributed by atoms with E-state index in [0.29, 0.717) is 0 Å². The van der Waals surface area contributed by atoms with E-state index in [1.165, 1.54) is 0 Å². The van der Waals surface area contributed by atoms with Crippen molar-refractivity contribution in [2.75, 3.05) is 13.1 Å². The number of nitrogens with zero attached hydrogens (tertiary/aromatic N) is 1. The Kier molecular flexibility index (Phi) is 5.20. The highest BCUT2D eigenvalue weighted by atomic mass is 16.5. The van der Waals surface area contributed by atoms with Gasteiger partial charge in [-0.25, -0.2) is 0 Å². The summed E-state index contributed by atoms with van der Waals surface area (Å²) in [4.78, 5) is 13.9. The van der Waals surface area contributed by atoms with Crippen LogP contribution in [0.5, 0.6) is 5.75 Å². The average Bonchev–Trinajstić information content (AvgIpc) is 2.28. The summed E-state index contributed by atoms with van der Waals surface area (Å²) >= 11 is 0. The predicted molar refractivity (Wildman–Crippen MR) is 73.9 cm³/mol. The highest BCUT2D eigenvalue weighted by Crippen LogP contribution is 2.18. The van der Waals surface area contributed by atoms with Crippen molar-refractivity contribution in [3.63, 3.8) is 0 Å². The van der Waals surface area contributed by atoms with Crippen molar-refractivity contribution in [2.45, 2.75) is 40.7 Å². The van der Waals surface area contributed by atoms with Crippen molar-refractivity contribution in [3.05, 3.63) is 29.3 Å². The van der Waals surface area contributed by atoms with Gasteiger partial charge in [0.15, 0.2) is 6.10 Å². The van der Waals surface area contributed by atoms with Crippen LogP contribution in [0.3, 0.4) is 0 Å². The largest absolute Gasteiger partial charge is 0.481 e. The second-order valence-electron chi connectivity index (χ2n) is 4.59. The van der Waals surface area contributed by atoms with Gasteiger partial charge in [-0.15, -0.1) is 0 Å². The zero-order chi connectivity index (χ0) is 13.7. The number of amides is 1. The molecule has 0 aliphatic carbocycles. The second kappa shape index (κ2) is 6.43. The van der Waals surface area contributed by atoms with Gasteiger partial charge < -0.3 is 9.64 Å². The highest BCUT2D eigenvalue weighted by Gasteiger charge is 2.19. The summed E-state index contributed by atoms with van der Waals surface area (Å²) in [6.07, 6.45) is -0.439. The molecule has 0 aliphatic heterocycles. The van der Waals surface area contributed by atoms with Crippen LogP contribution in [0.15, 0.2) is 18.2 Å². The molecular weight excluding hydrogens is 226 g/mol. The lowest BCUT2D eigenvalue weighted by Crippen LogP contribution is -2.40. The van der Waals surface area contributed by atoms with Crippen LogP contribution in [0.4, 0.5) is 0 Å². The van der Waals surface area contributed by atoms with E-state index in [0.717, 1.165) is 30.0 Å². The molecule has 1 aromatic carbocycles. The van der Waals surface area contributed by atoms with Crippen LogP contribution in [0.1, 0.15) is 31.9 Å². The Hall–Kier alpha value is -1.51. The maximum atomic E-state index is 12.1. The Balaban J connectivity index is 2.74. The second-order valence-corrected chi connectivity index (χ2v) is 4.59. The molecule has 0 fully saturated rings. The number of carbonyl (C=O) groups is 1. The van der Waals surface area contributed by atoms with Gasteiger partial charge in [0.2, 0.25) is 0 Å². The molecule has 0 saturated heterocycles. The van der Waals surface area contributed by atoms with Crippen molar-refractivity contribution in [2.24, 2.45) is 0 Å². The van der Waals surface area contributed by atoms with Crippen molar-refractivity contribution in [1.82, 2.24) is 4.90 Å². The fraction of sp³-hybridized carbons (Fsp3) is 0.533. The quantitative estimate of drug-likeness (QED) is 0.803. The number of aryl methyl sites for hydroxylation is 2. The number of rotatable bonds is 5. The lowest BCUT2D eigenvalue weighted by Gasteiger charge is -2.23. The Morgan fingerprint density at radius 2 is 1.67 bits per heavy atom. The number of hydrogen-bond donors (Lipinski definition) is 0. The van der Waals surface area contributed by atoms with E-state index in [2.05, 4.69) is 6.07 Å². The van der Waals surface area contributed by atoms with Gasteiger partial charge in [-0.2, -0.15) is 0 Å². The van der Waals surface area contributed by atoms with Crippen molar-refractivity contribution < 1.29 is 9.53 Å². The summed E-state index contributed by atoms with van der Waals surface area (Å²) in [7, 11) is 0. The fourth-order valence-corrected chi connectivity index (χ4v) is 2.05. The summed E-state index contributed by atoms with van der Waals surface area (Å²) in [6.45, 7) is 11.2. The van der Waals surface area contributed by atoms with Gasteiger partial charge in [-0.1, -0.05) is 6.07 Å². The molecule has 0 aromatic heterocycles. The Morgan fingerprint density at radius 1 is 1.17 bits per heavy atom. The van der Waals surface area contributed by atoms with Gasteiger partial charge in [0.05, 0.1) is 0 Å². The minimum absolute atomic E-state index is 0.0409. The first-order valence-electron chi connectivity index (χ1n) is 6.51. The topological polar surface area (TPSA) is 29.5 Å². The summed E-state index contributed by atoms with van der Waals surface area (Å²) < 4.78 is 5.73. The third kappa shape index (κ3) is 3.76. The van der Waals surface area contributed by atoms with Crippen molar-refractivity contribution in [1.29, 1.82) is 0 Å². The van der Waals surface area contributed by atoms with E-state index in [9.17, 15) is 4.79 Å². The summed E-state index contributed by atoms with van der Waals surface area (Å²) in [5, 5.41) is 0. The molecule has 18 heavy (non-hydrogen) atoms. The molecule has 0 saturated carbocycles. The summed E-state index contributed by atoms with van der Waals surface area (Å²) in [5.41, 5.74) is 2.29. The van der Waals surface area contributed by atoms with Crippen LogP contribution in [0.2, 0.25) is 0 Å². The molecule has 1 unspecified atom stereocenters. The predicted octanol–water partition coefficient (Wildman–Crippen LogP) is 2.94. The maximum Gasteiger partial charge on any atom is 0.263 e. The van der Waals surface area contributed by atoms with Gasteiger partial charge in [0, 0.05) is 13.1 Å². The van der Waals surface area contributed by atoms with E-state index in [-0.39, 0.29) is 5.91 Å². The zero-order valence-electron chi connectivity index (χ0n) is 12.0. The third-order valence-electron chi connectivity index (χ3n) is 2.93. The first-order chi connectivity index (χ1) is 8.47. The molecule has 100 valence electrons. The van der Waals surface area contributed by atoms with Crippen LogP contribution in [-0.4, -0.2) is 30.0 Å². The van der Waals surface area contributed by atoms with Crippen molar-refractivity contribution >= 4 is 5.91 Å². The molecule has 0 radical (unpaired) electrons. The molecule has 0 aliphatic rings. The first-order valence-corrected chi connectivity index (χ1v) is 6.51. The number of carbonyl (C=O) groups excluding carboxylic acids is 1. The number of likely N-dealkylation sites (N-methyl/N-ethyl adjacent to an activating group) is 1. The van der Waals surface area contributed by atoms with Crippen molar-refractivity contribution in [3.8, 4) is 5.75 Å². The van der Waals surface area contributed by atoms with E-state index >= 15 is 0 Å². The number of benzene rings is 1. The molecule has 0 N–H and O–H groups in total. The van der Waals surface area contributed by atoms with Crippen LogP contribution >= 0.6 is 0 Å². The van der Waals surface area contributed by atoms with Crippen LogP contribution in [-0.2, 0) is 4.79 Å². The van der Waals surface area contributed by atoms with E-state index in [4.69, 9.17) is 4.74 Å². The van der Waals surface area contributed by atoms with Crippen LogP contribution in [0.25, 0.3) is 0 Å². The van der Waals surface area contributed by atoms with E-state index < -0.39 is 6.10 Å². The monoisotopic (exact) mass is 249 g/mol. The van der Waals surface area contributed by atoms with Gasteiger partial charge in [0.1, 0.15) is 5.75 Å². The van der Waals surface area contributed by atoms with E-state index in [1.54, 1.807) is 11.8 Å². The third-order valence-corrected chi connectivity index (χ3v) is 2.93. The fourth-order valence-electron chi connectivity index (χ4n) is 2.05. The Bertz CT molecular complexity index is 391. The van der Waals surface area contributed by atoms with Crippen LogP contribution < -0.4 is 4.74 Å².